The van der Waals surface area contributed by atoms with E-state index in [9.17, 15) is 19.7 Å². The second kappa shape index (κ2) is 9.26. The minimum atomic E-state index is -0.537. The summed E-state index contributed by atoms with van der Waals surface area (Å²) >= 11 is 2.34. The molecule has 0 atom stereocenters. The Balaban J connectivity index is 1.51. The number of benzene rings is 2. The van der Waals surface area contributed by atoms with Gasteiger partial charge in [-0.05, 0) is 36.8 Å². The summed E-state index contributed by atoms with van der Waals surface area (Å²) in [7, 11) is 0. The number of non-ortho nitro benzene ring substituents is 1. The minimum absolute atomic E-state index is 0.0971. The average molecular weight is 429 g/mol. The summed E-state index contributed by atoms with van der Waals surface area (Å²) in [5.41, 5.74) is 1.94. The first-order chi connectivity index (χ1) is 13.9. The minimum Gasteiger partial charge on any atom is -0.325 e. The second-order valence-electron chi connectivity index (χ2n) is 5.84. The summed E-state index contributed by atoms with van der Waals surface area (Å²) in [6.07, 6.45) is 0. The van der Waals surface area contributed by atoms with Gasteiger partial charge in [-0.25, -0.2) is 0 Å². The van der Waals surface area contributed by atoms with Crippen molar-refractivity contribution < 1.29 is 14.5 Å². The van der Waals surface area contributed by atoms with E-state index in [2.05, 4.69) is 20.8 Å². The molecule has 0 aliphatic rings. The van der Waals surface area contributed by atoms with Gasteiger partial charge in [0.1, 0.15) is 0 Å². The highest BCUT2D eigenvalue weighted by molar-refractivity contribution is 8.01. The Morgan fingerprint density at radius 2 is 1.90 bits per heavy atom. The smallest absolute Gasteiger partial charge is 0.269 e. The van der Waals surface area contributed by atoms with Gasteiger partial charge in [0.15, 0.2) is 4.34 Å². The Morgan fingerprint density at radius 3 is 2.59 bits per heavy atom. The number of rotatable bonds is 7. The van der Waals surface area contributed by atoms with Crippen molar-refractivity contribution in [2.45, 2.75) is 11.3 Å². The van der Waals surface area contributed by atoms with Crippen LogP contribution in [0.4, 0.5) is 16.5 Å². The van der Waals surface area contributed by atoms with Crippen molar-refractivity contribution in [2.75, 3.05) is 16.4 Å². The third kappa shape index (κ3) is 5.83. The molecule has 0 spiro atoms. The maximum Gasteiger partial charge on any atom is 0.269 e. The topological polar surface area (TPSA) is 127 Å². The molecular formula is C18H15N5O4S2. The molecule has 2 N–H and O–H groups in total. The van der Waals surface area contributed by atoms with Crippen LogP contribution >= 0.6 is 23.1 Å². The predicted octanol–water partition coefficient (Wildman–Crippen LogP) is 3.74. The van der Waals surface area contributed by atoms with Gasteiger partial charge >= 0.3 is 0 Å². The Morgan fingerprint density at radius 1 is 1.14 bits per heavy atom. The van der Waals surface area contributed by atoms with Gasteiger partial charge in [-0.2, -0.15) is 0 Å². The summed E-state index contributed by atoms with van der Waals surface area (Å²) in [6.45, 7) is 1.94. The molecule has 0 bridgehead atoms. The summed E-state index contributed by atoms with van der Waals surface area (Å²) in [6, 6.07) is 12.7. The molecule has 3 rings (SSSR count). The largest absolute Gasteiger partial charge is 0.325 e. The summed E-state index contributed by atoms with van der Waals surface area (Å²) in [5, 5.41) is 24.1. The van der Waals surface area contributed by atoms with Crippen molar-refractivity contribution in [3.63, 3.8) is 0 Å². The zero-order valence-electron chi connectivity index (χ0n) is 15.1. The van der Waals surface area contributed by atoms with E-state index in [1.165, 1.54) is 36.0 Å². The molecule has 0 aliphatic heterocycles. The van der Waals surface area contributed by atoms with Crippen LogP contribution in [0.3, 0.4) is 0 Å². The van der Waals surface area contributed by atoms with E-state index in [0.717, 1.165) is 22.6 Å². The van der Waals surface area contributed by atoms with Gasteiger partial charge < -0.3 is 5.32 Å². The van der Waals surface area contributed by atoms with E-state index in [0.29, 0.717) is 4.34 Å². The molecule has 29 heavy (non-hydrogen) atoms. The second-order valence-corrected chi connectivity index (χ2v) is 8.04. The number of thioether (sulfide) groups is 1. The van der Waals surface area contributed by atoms with Crippen LogP contribution in [0.5, 0.6) is 0 Å². The van der Waals surface area contributed by atoms with E-state index in [1.54, 1.807) is 0 Å². The molecule has 2 aromatic carbocycles. The first-order valence-electron chi connectivity index (χ1n) is 8.29. The number of hydrogen-bond donors (Lipinski definition) is 2. The molecule has 11 heteroatoms. The number of amides is 2. The number of nitrogens with one attached hydrogen (secondary N) is 2. The lowest BCUT2D eigenvalue weighted by atomic mass is 10.2. The zero-order valence-corrected chi connectivity index (χ0v) is 16.8. The SMILES string of the molecule is Cc1cccc(NC(=O)CSc2nnc(NC(=O)c3ccc([N+](=O)[O-])cc3)s2)c1. The van der Waals surface area contributed by atoms with Gasteiger partial charge in [-0.15, -0.1) is 10.2 Å². The highest BCUT2D eigenvalue weighted by Gasteiger charge is 2.13. The zero-order chi connectivity index (χ0) is 20.8. The first-order valence-corrected chi connectivity index (χ1v) is 10.1. The molecule has 148 valence electrons. The maximum absolute atomic E-state index is 12.2. The van der Waals surface area contributed by atoms with E-state index in [-0.39, 0.29) is 28.0 Å². The van der Waals surface area contributed by atoms with E-state index < -0.39 is 10.8 Å². The van der Waals surface area contributed by atoms with Gasteiger partial charge in [0.25, 0.3) is 11.6 Å². The highest BCUT2D eigenvalue weighted by Crippen LogP contribution is 2.26. The fourth-order valence-corrected chi connectivity index (χ4v) is 3.82. The van der Waals surface area contributed by atoms with Crippen molar-refractivity contribution in [3.8, 4) is 0 Å². The Labute approximate surface area is 173 Å². The number of anilines is 2. The van der Waals surface area contributed by atoms with Crippen LogP contribution in [0.2, 0.25) is 0 Å². The number of hydrogen-bond acceptors (Lipinski definition) is 8. The average Bonchev–Trinajstić information content (AvgIpc) is 3.14. The van der Waals surface area contributed by atoms with E-state index >= 15 is 0 Å². The molecule has 9 nitrogen and oxygen atoms in total. The number of carbonyl (C=O) groups excluding carboxylic acids is 2. The molecule has 0 saturated heterocycles. The third-order valence-corrected chi connectivity index (χ3v) is 5.57. The van der Waals surface area contributed by atoms with Crippen molar-refractivity contribution in [2.24, 2.45) is 0 Å². The standard InChI is InChI=1S/C18H15N5O4S2/c1-11-3-2-4-13(9-11)19-15(24)10-28-18-22-21-17(29-18)20-16(25)12-5-7-14(8-6-12)23(26)27/h2-9H,10H2,1H3,(H,19,24)(H,20,21,25). The maximum atomic E-state index is 12.2. The lowest BCUT2D eigenvalue weighted by molar-refractivity contribution is -0.384. The van der Waals surface area contributed by atoms with Crippen molar-refractivity contribution >= 4 is 51.4 Å². The third-order valence-electron chi connectivity index (χ3n) is 3.60. The molecular weight excluding hydrogens is 414 g/mol. The quantitative estimate of drug-likeness (QED) is 0.253. The van der Waals surface area contributed by atoms with Gasteiger partial charge in [-0.3, -0.25) is 25.0 Å². The van der Waals surface area contributed by atoms with Crippen molar-refractivity contribution in [3.05, 3.63) is 69.8 Å². The van der Waals surface area contributed by atoms with Crippen LogP contribution in [0.15, 0.2) is 52.9 Å². The van der Waals surface area contributed by atoms with Crippen molar-refractivity contribution in [1.82, 2.24) is 10.2 Å². The van der Waals surface area contributed by atoms with Crippen LogP contribution in [0, 0.1) is 17.0 Å². The summed E-state index contributed by atoms with van der Waals surface area (Å²) in [4.78, 5) is 34.4. The van der Waals surface area contributed by atoms with Gasteiger partial charge in [0, 0.05) is 23.4 Å². The number of aryl methyl sites for hydroxylation is 1. The van der Waals surface area contributed by atoms with Crippen LogP contribution in [0.1, 0.15) is 15.9 Å². The fourth-order valence-electron chi connectivity index (χ4n) is 2.27. The number of nitro benzene ring substituents is 1. The summed E-state index contributed by atoms with van der Waals surface area (Å²) < 4.78 is 0.531. The molecule has 0 fully saturated rings. The number of carbonyl (C=O) groups is 2. The number of aromatic nitrogens is 2. The fraction of sp³-hybridized carbons (Fsp3) is 0.111. The van der Waals surface area contributed by atoms with Crippen LogP contribution in [0.25, 0.3) is 0 Å². The van der Waals surface area contributed by atoms with Crippen molar-refractivity contribution in [1.29, 1.82) is 0 Å². The number of nitro groups is 1. The summed E-state index contributed by atoms with van der Waals surface area (Å²) in [5.74, 6) is -0.476. The van der Waals surface area contributed by atoms with Gasteiger partial charge in [0.05, 0.1) is 10.7 Å². The highest BCUT2D eigenvalue weighted by atomic mass is 32.2. The molecule has 1 aromatic heterocycles. The predicted molar refractivity (Wildman–Crippen MR) is 111 cm³/mol. The van der Waals surface area contributed by atoms with Crippen LogP contribution in [-0.2, 0) is 4.79 Å². The van der Waals surface area contributed by atoms with E-state index in [4.69, 9.17) is 0 Å². The molecule has 0 radical (unpaired) electrons. The van der Waals surface area contributed by atoms with Gasteiger partial charge in [0.2, 0.25) is 11.0 Å². The lowest BCUT2D eigenvalue weighted by Gasteiger charge is -2.04. The molecule has 0 aliphatic carbocycles. The number of nitrogens with zero attached hydrogens (tertiary/aromatic N) is 3. The molecule has 1 heterocycles. The first kappa shape index (κ1) is 20.4. The van der Waals surface area contributed by atoms with Gasteiger partial charge in [-0.1, -0.05) is 35.2 Å². The molecule has 0 saturated carbocycles. The lowest BCUT2D eigenvalue weighted by Crippen LogP contribution is -2.13. The molecule has 2 amide bonds. The van der Waals surface area contributed by atoms with E-state index in [1.807, 2.05) is 31.2 Å². The monoisotopic (exact) mass is 429 g/mol. The Bertz CT molecular complexity index is 1050. The molecule has 0 unspecified atom stereocenters. The normalized spacial score (nSPS) is 10.4. The van der Waals surface area contributed by atoms with Crippen LogP contribution < -0.4 is 10.6 Å². The van der Waals surface area contributed by atoms with Crippen LogP contribution in [-0.4, -0.2) is 32.7 Å². The molecule has 3 aromatic rings. The Hall–Kier alpha value is -3.31. The Kier molecular flexibility index (Phi) is 6.52.